The molecule has 0 spiro atoms. The van der Waals surface area contributed by atoms with E-state index in [1.807, 2.05) is 0 Å². The van der Waals surface area contributed by atoms with Crippen molar-refractivity contribution in [1.29, 1.82) is 0 Å². The van der Waals surface area contributed by atoms with Crippen LogP contribution >= 0.6 is 7.14 Å². The molecule has 0 aromatic rings. The maximum absolute atomic E-state index is 12.5. The van der Waals surface area contributed by atoms with Gasteiger partial charge in [-0.3, -0.25) is 0 Å². The highest BCUT2D eigenvalue weighted by Crippen LogP contribution is 2.72. The smallest absolute Gasteiger partial charge is 0.0960 e. The van der Waals surface area contributed by atoms with Crippen LogP contribution in [0.25, 0.3) is 0 Å². The molecule has 12 heavy (non-hydrogen) atoms. The van der Waals surface area contributed by atoms with Crippen molar-refractivity contribution < 1.29 is 4.57 Å². The predicted octanol–water partition coefficient (Wildman–Crippen LogP) is 3.47. The van der Waals surface area contributed by atoms with Gasteiger partial charge in [-0.2, -0.15) is 0 Å². The minimum absolute atomic E-state index is 0.551. The lowest BCUT2D eigenvalue weighted by atomic mass is 10.2. The molecule has 1 saturated carbocycles. The van der Waals surface area contributed by atoms with Crippen molar-refractivity contribution in [3.8, 4) is 0 Å². The van der Waals surface area contributed by atoms with Crippen molar-refractivity contribution in [2.24, 2.45) is 0 Å². The molecule has 1 nitrogen and oxygen atoms in total. The Bertz CT molecular complexity index is 206. The van der Waals surface area contributed by atoms with Gasteiger partial charge in [-0.05, 0) is 19.3 Å². The first-order valence-corrected chi connectivity index (χ1v) is 7.16. The SMILES string of the molecule is CC1CC(C)P1(=O)C1CCCC1. The molecule has 0 aromatic heterocycles. The zero-order valence-corrected chi connectivity index (χ0v) is 9.02. The highest BCUT2D eigenvalue weighted by Gasteiger charge is 2.51. The molecule has 2 fully saturated rings. The van der Waals surface area contributed by atoms with E-state index in [0.717, 1.165) is 0 Å². The van der Waals surface area contributed by atoms with E-state index >= 15 is 0 Å². The molecule has 2 rings (SSSR count). The third-order valence-electron chi connectivity index (χ3n) is 3.96. The van der Waals surface area contributed by atoms with Crippen molar-refractivity contribution in [1.82, 2.24) is 0 Å². The summed E-state index contributed by atoms with van der Waals surface area (Å²) >= 11 is 0. The lowest BCUT2D eigenvalue weighted by Gasteiger charge is -2.45. The van der Waals surface area contributed by atoms with Crippen LogP contribution < -0.4 is 0 Å². The molecule has 2 atom stereocenters. The van der Waals surface area contributed by atoms with Crippen LogP contribution in [0.15, 0.2) is 0 Å². The molecule has 2 heteroatoms. The number of hydrogen-bond donors (Lipinski definition) is 0. The van der Waals surface area contributed by atoms with Crippen LogP contribution in [0.3, 0.4) is 0 Å². The Morgan fingerprint density at radius 2 is 1.58 bits per heavy atom. The van der Waals surface area contributed by atoms with Crippen LogP contribution in [0.2, 0.25) is 0 Å². The molecular formula is C10H19OP. The predicted molar refractivity (Wildman–Crippen MR) is 53.4 cm³/mol. The standard InChI is InChI=1S/C10H19OP/c1-8-7-9(2)12(8,11)10-5-3-4-6-10/h8-10H,3-7H2,1-2H3. The van der Waals surface area contributed by atoms with Crippen molar-refractivity contribution in [3.63, 3.8) is 0 Å². The lowest BCUT2D eigenvalue weighted by Crippen LogP contribution is -2.34. The number of hydrogen-bond acceptors (Lipinski definition) is 1. The van der Waals surface area contributed by atoms with E-state index in [2.05, 4.69) is 13.8 Å². The van der Waals surface area contributed by atoms with E-state index in [9.17, 15) is 4.57 Å². The van der Waals surface area contributed by atoms with Crippen LogP contribution in [0.4, 0.5) is 0 Å². The van der Waals surface area contributed by atoms with Crippen LogP contribution in [0, 0.1) is 0 Å². The van der Waals surface area contributed by atoms with Crippen LogP contribution in [0.1, 0.15) is 46.0 Å². The van der Waals surface area contributed by atoms with Gasteiger partial charge in [0.2, 0.25) is 0 Å². The highest BCUT2D eigenvalue weighted by molar-refractivity contribution is 7.67. The summed E-state index contributed by atoms with van der Waals surface area (Å²) in [5.41, 5.74) is 1.72. The van der Waals surface area contributed by atoms with E-state index < -0.39 is 7.14 Å². The zero-order valence-electron chi connectivity index (χ0n) is 8.12. The maximum atomic E-state index is 12.5. The maximum Gasteiger partial charge on any atom is 0.0960 e. The molecule has 0 amide bonds. The zero-order chi connectivity index (χ0) is 8.77. The van der Waals surface area contributed by atoms with Gasteiger partial charge in [0.25, 0.3) is 0 Å². The normalized spacial score (nSPS) is 49.2. The molecular weight excluding hydrogens is 167 g/mol. The Labute approximate surface area is 75.3 Å². The van der Waals surface area contributed by atoms with E-state index in [-0.39, 0.29) is 0 Å². The minimum Gasteiger partial charge on any atom is -0.323 e. The molecule has 70 valence electrons. The minimum atomic E-state index is -1.72. The number of rotatable bonds is 1. The first-order chi connectivity index (χ1) is 5.65. The van der Waals surface area contributed by atoms with Crippen LogP contribution in [-0.4, -0.2) is 17.0 Å². The largest absolute Gasteiger partial charge is 0.323 e. The summed E-state index contributed by atoms with van der Waals surface area (Å²) in [7, 11) is -1.72. The molecule has 1 heterocycles. The molecule has 0 radical (unpaired) electrons. The average Bonchev–Trinajstić information content (AvgIpc) is 2.55. The Hall–Kier alpha value is 0.230. The van der Waals surface area contributed by atoms with Gasteiger partial charge in [-0.1, -0.05) is 26.7 Å². The van der Waals surface area contributed by atoms with Crippen molar-refractivity contribution >= 4 is 7.14 Å². The molecule has 0 N–H and O–H groups in total. The van der Waals surface area contributed by atoms with E-state index in [4.69, 9.17) is 0 Å². The van der Waals surface area contributed by atoms with Crippen molar-refractivity contribution in [2.45, 2.75) is 62.9 Å². The van der Waals surface area contributed by atoms with Crippen LogP contribution in [0.5, 0.6) is 0 Å². The molecule has 1 saturated heterocycles. The Balaban J connectivity index is 2.14. The summed E-state index contributed by atoms with van der Waals surface area (Å²) in [5, 5.41) is 0. The molecule has 0 aromatic carbocycles. The third kappa shape index (κ3) is 1.02. The van der Waals surface area contributed by atoms with Gasteiger partial charge in [-0.25, -0.2) is 0 Å². The van der Waals surface area contributed by atoms with Gasteiger partial charge in [0.1, 0.15) is 0 Å². The first-order valence-electron chi connectivity index (χ1n) is 5.24. The first kappa shape index (κ1) is 8.81. The summed E-state index contributed by atoms with van der Waals surface area (Å²) in [5.74, 6) is 0. The Morgan fingerprint density at radius 3 is 2.00 bits per heavy atom. The lowest BCUT2D eigenvalue weighted by molar-refractivity contribution is 0.502. The quantitative estimate of drug-likeness (QED) is 0.573. The average molecular weight is 186 g/mol. The van der Waals surface area contributed by atoms with Crippen molar-refractivity contribution in [2.75, 3.05) is 0 Å². The molecule has 0 bridgehead atoms. The summed E-state index contributed by atoms with van der Waals surface area (Å²) in [6.45, 7) is 4.39. The summed E-state index contributed by atoms with van der Waals surface area (Å²) < 4.78 is 12.5. The fraction of sp³-hybridized carbons (Fsp3) is 1.00. The molecule has 2 aliphatic rings. The van der Waals surface area contributed by atoms with Crippen molar-refractivity contribution in [3.05, 3.63) is 0 Å². The summed E-state index contributed by atoms with van der Waals surface area (Å²) in [4.78, 5) is 0. The third-order valence-corrected chi connectivity index (χ3v) is 8.79. The Kier molecular flexibility index (Phi) is 2.11. The van der Waals surface area contributed by atoms with Crippen LogP contribution in [-0.2, 0) is 4.57 Å². The monoisotopic (exact) mass is 186 g/mol. The fourth-order valence-corrected chi connectivity index (χ4v) is 7.53. The highest BCUT2D eigenvalue weighted by atomic mass is 31.2. The second-order valence-corrected chi connectivity index (χ2v) is 8.66. The van der Waals surface area contributed by atoms with Gasteiger partial charge >= 0.3 is 0 Å². The summed E-state index contributed by atoms with van der Waals surface area (Å²) in [6.07, 6.45) is 6.38. The molecule has 2 unspecified atom stereocenters. The van der Waals surface area contributed by atoms with Gasteiger partial charge < -0.3 is 4.57 Å². The second kappa shape index (κ2) is 2.87. The van der Waals surface area contributed by atoms with Gasteiger partial charge in [0.05, 0.1) is 7.14 Å². The second-order valence-electron chi connectivity index (χ2n) is 4.64. The van der Waals surface area contributed by atoms with Gasteiger partial charge in [-0.15, -0.1) is 0 Å². The fourth-order valence-electron chi connectivity index (χ4n) is 3.15. The molecule has 1 aliphatic carbocycles. The topological polar surface area (TPSA) is 17.1 Å². The van der Waals surface area contributed by atoms with E-state index in [0.29, 0.717) is 17.0 Å². The van der Waals surface area contributed by atoms with Gasteiger partial charge in [0.15, 0.2) is 0 Å². The van der Waals surface area contributed by atoms with Gasteiger partial charge in [0, 0.05) is 17.0 Å². The Morgan fingerprint density at radius 1 is 1.08 bits per heavy atom. The summed E-state index contributed by atoms with van der Waals surface area (Å²) in [6, 6.07) is 0. The van der Waals surface area contributed by atoms with E-state index in [1.165, 1.54) is 32.1 Å². The molecule has 1 aliphatic heterocycles. The van der Waals surface area contributed by atoms with E-state index in [1.54, 1.807) is 0 Å².